The van der Waals surface area contributed by atoms with E-state index < -0.39 is 0 Å². The zero-order valence-corrected chi connectivity index (χ0v) is 10.3. The molecule has 0 spiro atoms. The molecule has 0 saturated heterocycles. The summed E-state index contributed by atoms with van der Waals surface area (Å²) in [4.78, 5) is 11.2. The second-order valence-corrected chi connectivity index (χ2v) is 4.91. The second-order valence-electron chi connectivity index (χ2n) is 4.91. The lowest BCUT2D eigenvalue weighted by molar-refractivity contribution is -0.116. The van der Waals surface area contributed by atoms with Crippen LogP contribution in [0.15, 0.2) is 18.2 Å². The highest BCUT2D eigenvalue weighted by molar-refractivity contribution is 5.93. The molecule has 0 aliphatic carbocycles. The van der Waals surface area contributed by atoms with E-state index in [9.17, 15) is 4.79 Å². The molecule has 0 radical (unpaired) electrons. The van der Waals surface area contributed by atoms with Gasteiger partial charge in [-0.3, -0.25) is 4.79 Å². The van der Waals surface area contributed by atoms with Crippen LogP contribution < -0.4 is 11.1 Å². The summed E-state index contributed by atoms with van der Waals surface area (Å²) in [5.74, 6) is 0.127. The van der Waals surface area contributed by atoms with Crippen LogP contribution in [0.2, 0.25) is 0 Å². The molecular weight excluding hydrogens is 212 g/mol. The minimum Gasteiger partial charge on any atom is -0.328 e. The van der Waals surface area contributed by atoms with Crippen LogP contribution in [0, 0.1) is 0 Å². The first-order chi connectivity index (χ1) is 8.15. The van der Waals surface area contributed by atoms with Crippen LogP contribution in [0.4, 0.5) is 5.69 Å². The average Bonchev–Trinajstić information content (AvgIpc) is 2.29. The summed E-state index contributed by atoms with van der Waals surface area (Å²) in [6.07, 6.45) is 4.73. The van der Waals surface area contributed by atoms with Gasteiger partial charge in [0.05, 0.1) is 0 Å². The summed E-state index contributed by atoms with van der Waals surface area (Å²) < 4.78 is 0. The van der Waals surface area contributed by atoms with E-state index in [2.05, 4.69) is 17.4 Å². The molecule has 1 atom stereocenters. The maximum absolute atomic E-state index is 11.2. The molecule has 0 bridgehead atoms. The lowest BCUT2D eigenvalue weighted by Gasteiger charge is -2.17. The zero-order chi connectivity index (χ0) is 12.3. The molecule has 2 rings (SSSR count). The second kappa shape index (κ2) is 5.32. The fourth-order valence-electron chi connectivity index (χ4n) is 2.22. The summed E-state index contributed by atoms with van der Waals surface area (Å²) in [5.41, 5.74) is 9.33. The number of rotatable bonds is 4. The molecule has 1 amide bonds. The van der Waals surface area contributed by atoms with E-state index in [1.807, 2.05) is 13.0 Å². The Morgan fingerprint density at radius 3 is 3.00 bits per heavy atom. The van der Waals surface area contributed by atoms with Gasteiger partial charge in [0.25, 0.3) is 0 Å². The topological polar surface area (TPSA) is 55.1 Å². The first-order valence-electron chi connectivity index (χ1n) is 6.32. The van der Waals surface area contributed by atoms with Crippen LogP contribution in [0.1, 0.15) is 37.3 Å². The van der Waals surface area contributed by atoms with Crippen molar-refractivity contribution in [2.75, 3.05) is 5.32 Å². The molecule has 0 saturated carbocycles. The van der Waals surface area contributed by atoms with Crippen molar-refractivity contribution in [3.05, 3.63) is 29.3 Å². The quantitative estimate of drug-likeness (QED) is 0.836. The maximum atomic E-state index is 11.2. The van der Waals surface area contributed by atoms with E-state index in [4.69, 9.17) is 5.73 Å². The van der Waals surface area contributed by atoms with Crippen molar-refractivity contribution in [2.24, 2.45) is 5.73 Å². The molecule has 1 heterocycles. The monoisotopic (exact) mass is 232 g/mol. The number of carbonyl (C=O) groups is 1. The van der Waals surface area contributed by atoms with Gasteiger partial charge in [-0.2, -0.15) is 0 Å². The lowest BCUT2D eigenvalue weighted by Crippen LogP contribution is -2.19. The van der Waals surface area contributed by atoms with Crippen molar-refractivity contribution in [1.29, 1.82) is 0 Å². The molecule has 1 aliphatic heterocycles. The Balaban J connectivity index is 1.99. The van der Waals surface area contributed by atoms with Crippen LogP contribution in [-0.2, 0) is 17.6 Å². The lowest BCUT2D eigenvalue weighted by atomic mass is 9.98. The van der Waals surface area contributed by atoms with Crippen molar-refractivity contribution >= 4 is 11.6 Å². The minimum absolute atomic E-state index is 0.127. The number of benzene rings is 1. The number of nitrogens with one attached hydrogen (secondary N) is 1. The maximum Gasteiger partial charge on any atom is 0.224 e. The van der Waals surface area contributed by atoms with Gasteiger partial charge in [0.15, 0.2) is 0 Å². The molecule has 3 N–H and O–H groups in total. The van der Waals surface area contributed by atoms with Gasteiger partial charge in [0.2, 0.25) is 5.91 Å². The number of carbonyl (C=O) groups excluding carboxylic acids is 1. The Kier molecular flexibility index (Phi) is 3.79. The number of fused-ring (bicyclic) bond motifs is 1. The molecule has 17 heavy (non-hydrogen) atoms. The van der Waals surface area contributed by atoms with Crippen molar-refractivity contribution in [3.63, 3.8) is 0 Å². The van der Waals surface area contributed by atoms with Crippen LogP contribution in [0.3, 0.4) is 0 Å². The van der Waals surface area contributed by atoms with Gasteiger partial charge in [-0.25, -0.2) is 0 Å². The Labute approximate surface area is 102 Å². The third-order valence-electron chi connectivity index (χ3n) is 3.19. The third kappa shape index (κ3) is 3.30. The molecular formula is C14H20N2O. The van der Waals surface area contributed by atoms with Crippen LogP contribution >= 0.6 is 0 Å². The van der Waals surface area contributed by atoms with Crippen molar-refractivity contribution in [1.82, 2.24) is 0 Å². The van der Waals surface area contributed by atoms with E-state index in [1.165, 1.54) is 11.1 Å². The molecule has 1 unspecified atom stereocenters. The van der Waals surface area contributed by atoms with E-state index in [1.54, 1.807) is 0 Å². The van der Waals surface area contributed by atoms with E-state index in [0.717, 1.165) is 31.4 Å². The van der Waals surface area contributed by atoms with Gasteiger partial charge in [0.1, 0.15) is 0 Å². The van der Waals surface area contributed by atoms with E-state index in [-0.39, 0.29) is 11.9 Å². The Morgan fingerprint density at radius 2 is 2.24 bits per heavy atom. The zero-order valence-electron chi connectivity index (χ0n) is 10.3. The van der Waals surface area contributed by atoms with Crippen LogP contribution in [0.25, 0.3) is 0 Å². The number of nitrogens with two attached hydrogens (primary N) is 1. The first kappa shape index (κ1) is 12.1. The van der Waals surface area contributed by atoms with Crippen LogP contribution in [0.5, 0.6) is 0 Å². The third-order valence-corrected chi connectivity index (χ3v) is 3.19. The first-order valence-corrected chi connectivity index (χ1v) is 6.32. The Hall–Kier alpha value is -1.35. The van der Waals surface area contributed by atoms with Crippen LogP contribution in [-0.4, -0.2) is 11.9 Å². The minimum atomic E-state index is 0.127. The summed E-state index contributed by atoms with van der Waals surface area (Å²) in [5, 5.41) is 2.90. The highest BCUT2D eigenvalue weighted by Crippen LogP contribution is 2.24. The van der Waals surface area contributed by atoms with E-state index >= 15 is 0 Å². The van der Waals surface area contributed by atoms with Gasteiger partial charge in [-0.1, -0.05) is 12.1 Å². The van der Waals surface area contributed by atoms with Gasteiger partial charge >= 0.3 is 0 Å². The number of hydrogen-bond donors (Lipinski definition) is 2. The summed E-state index contributed by atoms with van der Waals surface area (Å²) in [6, 6.07) is 6.63. The van der Waals surface area contributed by atoms with Gasteiger partial charge < -0.3 is 11.1 Å². The normalized spacial score (nSPS) is 16.2. The molecule has 0 fully saturated rings. The number of hydrogen-bond acceptors (Lipinski definition) is 2. The highest BCUT2D eigenvalue weighted by atomic mass is 16.1. The number of anilines is 1. The Morgan fingerprint density at radius 1 is 1.41 bits per heavy atom. The van der Waals surface area contributed by atoms with E-state index in [0.29, 0.717) is 6.42 Å². The molecule has 3 nitrogen and oxygen atoms in total. The SMILES string of the molecule is CC(N)CCCc1ccc2c(c1)CCC(=O)N2. The van der Waals surface area contributed by atoms with Gasteiger partial charge in [-0.05, 0) is 49.8 Å². The fourth-order valence-corrected chi connectivity index (χ4v) is 2.22. The summed E-state index contributed by atoms with van der Waals surface area (Å²) in [6.45, 7) is 2.04. The van der Waals surface area contributed by atoms with Gasteiger partial charge in [-0.15, -0.1) is 0 Å². The standard InChI is InChI=1S/C14H20N2O/c1-10(15)3-2-4-11-5-7-13-12(9-11)6-8-14(17)16-13/h5,7,9-10H,2-4,6,8,15H2,1H3,(H,16,17). The summed E-state index contributed by atoms with van der Waals surface area (Å²) in [7, 11) is 0. The smallest absolute Gasteiger partial charge is 0.224 e. The van der Waals surface area contributed by atoms with Crippen molar-refractivity contribution in [2.45, 2.75) is 45.1 Å². The molecule has 92 valence electrons. The number of amides is 1. The molecule has 0 aromatic heterocycles. The average molecular weight is 232 g/mol. The largest absolute Gasteiger partial charge is 0.328 e. The fraction of sp³-hybridized carbons (Fsp3) is 0.500. The predicted octanol–water partition coefficient (Wildman–Crippen LogP) is 2.24. The van der Waals surface area contributed by atoms with Gasteiger partial charge in [0, 0.05) is 18.2 Å². The predicted molar refractivity (Wildman–Crippen MR) is 70.0 cm³/mol. The Bertz CT molecular complexity index is 413. The molecule has 1 aromatic carbocycles. The molecule has 1 aromatic rings. The summed E-state index contributed by atoms with van der Waals surface area (Å²) >= 11 is 0. The molecule has 3 heteroatoms. The molecule has 1 aliphatic rings. The number of aryl methyl sites for hydroxylation is 2. The van der Waals surface area contributed by atoms with Crippen molar-refractivity contribution < 1.29 is 4.79 Å². The van der Waals surface area contributed by atoms with Crippen molar-refractivity contribution in [3.8, 4) is 0 Å². The highest BCUT2D eigenvalue weighted by Gasteiger charge is 2.14.